The number of piperazine rings is 1. The van der Waals surface area contributed by atoms with Crippen LogP contribution in [0.25, 0.3) is 0 Å². The van der Waals surface area contributed by atoms with E-state index in [4.69, 9.17) is 4.74 Å². The number of rotatable bonds is 7. The van der Waals surface area contributed by atoms with Gasteiger partial charge in [0, 0.05) is 39.3 Å². The number of hydrogen-bond acceptors (Lipinski definition) is 4. The molecule has 0 radical (unpaired) electrons. The normalized spacial score (nSPS) is 44.5. The van der Waals surface area contributed by atoms with Crippen LogP contribution in [-0.4, -0.2) is 65.9 Å². The lowest BCUT2D eigenvalue weighted by Gasteiger charge is -2.58. The lowest BCUT2D eigenvalue weighted by Crippen LogP contribution is -2.51. The Morgan fingerprint density at radius 3 is 2.55 bits per heavy atom. The largest absolute Gasteiger partial charge is 0.393 e. The summed E-state index contributed by atoms with van der Waals surface area (Å²) in [4.78, 5) is 5.33. The van der Waals surface area contributed by atoms with Gasteiger partial charge in [-0.15, -0.1) is 0 Å². The molecule has 0 bridgehead atoms. The van der Waals surface area contributed by atoms with Gasteiger partial charge in [0.05, 0.1) is 18.3 Å². The molecule has 42 heavy (non-hydrogen) atoms. The first kappa shape index (κ1) is 29.5. The van der Waals surface area contributed by atoms with Gasteiger partial charge in [0.25, 0.3) is 0 Å². The summed E-state index contributed by atoms with van der Waals surface area (Å²) in [6.07, 6.45) is 14.4. The first-order chi connectivity index (χ1) is 20.2. The number of aliphatic hydroxyl groups is 1. The molecule has 4 aliphatic carbocycles. The summed E-state index contributed by atoms with van der Waals surface area (Å²) < 4.78 is 7.02. The Labute approximate surface area is 256 Å². The number of allylic oxidation sites excluding steroid dienone is 1. The SMILES string of the molecule is C[C@H](CC[C@H]1O[C@H]2C[C@H]3[C@@H]4CC=C5C[C@@H](O)CC[C@]5(C)[C@H]4CC[C@]3(C)[C@H]2[C@@H]1C)CN1CCN(Cc2ccccc2)CC1. The smallest absolute Gasteiger partial charge is 0.0618 e. The van der Waals surface area contributed by atoms with Gasteiger partial charge in [0.15, 0.2) is 0 Å². The first-order valence-electron chi connectivity index (χ1n) is 17.8. The standard InChI is InChI=1S/C38H58N2O2/c1-26(24-39-18-20-40(21-19-39)25-28-8-6-5-7-9-28)10-13-34-27(2)36-35(42-34)23-33-31-12-11-29-22-30(41)14-16-37(29,3)32(31)15-17-38(33,36)4/h5-9,11,26-27,30-36,41H,10,12-25H2,1-4H3/t26-,27-,30+,31-,32+,33+,34-,35+,36+,37+,38+/m1/s1. The monoisotopic (exact) mass is 574 g/mol. The Balaban J connectivity index is 0.906. The summed E-state index contributed by atoms with van der Waals surface area (Å²) in [5, 5.41) is 10.4. The predicted molar refractivity (Wildman–Crippen MR) is 171 cm³/mol. The summed E-state index contributed by atoms with van der Waals surface area (Å²) in [6, 6.07) is 10.9. The quantitative estimate of drug-likeness (QED) is 0.350. The van der Waals surface area contributed by atoms with Gasteiger partial charge < -0.3 is 14.7 Å². The molecule has 1 aromatic carbocycles. The van der Waals surface area contributed by atoms with Gasteiger partial charge in [-0.3, -0.25) is 4.90 Å². The molecule has 6 aliphatic rings. The lowest BCUT2D eigenvalue weighted by atomic mass is 9.47. The third-order valence-electron chi connectivity index (χ3n) is 13.9. The van der Waals surface area contributed by atoms with Crippen LogP contribution >= 0.6 is 0 Å². The Kier molecular flexibility index (Phi) is 8.17. The van der Waals surface area contributed by atoms with Gasteiger partial charge in [-0.05, 0) is 110 Å². The maximum Gasteiger partial charge on any atom is 0.0618 e. The van der Waals surface area contributed by atoms with E-state index in [1.165, 1.54) is 83.2 Å². The molecular weight excluding hydrogens is 516 g/mol. The van der Waals surface area contributed by atoms with Crippen LogP contribution in [0.1, 0.15) is 91.0 Å². The van der Waals surface area contributed by atoms with Crippen molar-refractivity contribution in [3.05, 3.63) is 47.5 Å². The van der Waals surface area contributed by atoms with E-state index in [0.717, 1.165) is 49.0 Å². The van der Waals surface area contributed by atoms with E-state index >= 15 is 0 Å². The fourth-order valence-electron chi connectivity index (χ4n) is 11.6. The van der Waals surface area contributed by atoms with Crippen molar-refractivity contribution >= 4 is 0 Å². The van der Waals surface area contributed by atoms with E-state index in [1.807, 2.05) is 0 Å². The van der Waals surface area contributed by atoms with Gasteiger partial charge in [0.2, 0.25) is 0 Å². The average molecular weight is 575 g/mol. The fraction of sp³-hybridized carbons (Fsp3) is 0.789. The summed E-state index contributed by atoms with van der Waals surface area (Å²) in [5.74, 6) is 4.61. The van der Waals surface area contributed by atoms with E-state index in [-0.39, 0.29) is 6.10 Å². The topological polar surface area (TPSA) is 35.9 Å². The maximum absolute atomic E-state index is 10.4. The van der Waals surface area contributed by atoms with E-state index < -0.39 is 0 Å². The minimum atomic E-state index is -0.107. The van der Waals surface area contributed by atoms with Crippen molar-refractivity contribution in [2.24, 2.45) is 46.3 Å². The molecule has 4 heteroatoms. The average Bonchev–Trinajstić information content (AvgIpc) is 3.46. The molecule has 3 saturated carbocycles. The van der Waals surface area contributed by atoms with Crippen molar-refractivity contribution in [3.8, 4) is 0 Å². The molecule has 4 nitrogen and oxygen atoms in total. The van der Waals surface area contributed by atoms with Crippen molar-refractivity contribution in [1.29, 1.82) is 0 Å². The molecule has 2 saturated heterocycles. The third kappa shape index (κ3) is 5.25. The van der Waals surface area contributed by atoms with Crippen molar-refractivity contribution in [2.45, 2.75) is 110 Å². The molecule has 11 atom stereocenters. The first-order valence-corrected chi connectivity index (χ1v) is 17.8. The van der Waals surface area contributed by atoms with Crippen LogP contribution in [0.15, 0.2) is 42.0 Å². The van der Waals surface area contributed by atoms with E-state index in [9.17, 15) is 5.11 Å². The van der Waals surface area contributed by atoms with Gasteiger partial charge >= 0.3 is 0 Å². The number of aliphatic hydroxyl groups excluding tert-OH is 1. The minimum absolute atomic E-state index is 0.107. The highest BCUT2D eigenvalue weighted by molar-refractivity contribution is 5.26. The summed E-state index contributed by atoms with van der Waals surface area (Å²) in [6.45, 7) is 17.4. The summed E-state index contributed by atoms with van der Waals surface area (Å²) >= 11 is 0. The van der Waals surface area contributed by atoms with Crippen LogP contribution in [0.3, 0.4) is 0 Å². The molecule has 232 valence electrons. The summed E-state index contributed by atoms with van der Waals surface area (Å²) in [7, 11) is 0. The number of nitrogens with zero attached hydrogens (tertiary/aromatic N) is 2. The molecule has 0 amide bonds. The van der Waals surface area contributed by atoms with Crippen LogP contribution in [-0.2, 0) is 11.3 Å². The Morgan fingerprint density at radius 1 is 1.00 bits per heavy atom. The highest BCUT2D eigenvalue weighted by atomic mass is 16.5. The molecule has 0 unspecified atom stereocenters. The highest BCUT2D eigenvalue weighted by Gasteiger charge is 2.64. The Bertz CT molecular complexity index is 1110. The second-order valence-corrected chi connectivity index (χ2v) is 16.3. The molecule has 0 aromatic heterocycles. The number of hydrogen-bond donors (Lipinski definition) is 1. The van der Waals surface area contributed by atoms with Crippen molar-refractivity contribution < 1.29 is 9.84 Å². The van der Waals surface area contributed by atoms with Gasteiger partial charge in [-0.25, -0.2) is 0 Å². The van der Waals surface area contributed by atoms with E-state index in [0.29, 0.717) is 29.0 Å². The number of ether oxygens (including phenoxy) is 1. The summed E-state index contributed by atoms with van der Waals surface area (Å²) in [5.41, 5.74) is 3.81. The zero-order chi connectivity index (χ0) is 29.1. The van der Waals surface area contributed by atoms with E-state index in [2.05, 4.69) is 73.9 Å². The van der Waals surface area contributed by atoms with Crippen LogP contribution in [0.2, 0.25) is 0 Å². The third-order valence-corrected chi connectivity index (χ3v) is 13.9. The molecule has 5 fully saturated rings. The molecule has 1 N–H and O–H groups in total. The second kappa shape index (κ2) is 11.6. The van der Waals surface area contributed by atoms with Crippen LogP contribution < -0.4 is 0 Å². The molecule has 2 heterocycles. The lowest BCUT2D eigenvalue weighted by molar-refractivity contribution is -0.0590. The zero-order valence-electron chi connectivity index (χ0n) is 27.0. The Hall–Kier alpha value is -1.20. The van der Waals surface area contributed by atoms with Crippen molar-refractivity contribution in [2.75, 3.05) is 32.7 Å². The maximum atomic E-state index is 10.4. The second-order valence-electron chi connectivity index (χ2n) is 16.3. The van der Waals surface area contributed by atoms with Gasteiger partial charge in [-0.2, -0.15) is 0 Å². The van der Waals surface area contributed by atoms with Crippen LogP contribution in [0, 0.1) is 46.3 Å². The van der Waals surface area contributed by atoms with Gasteiger partial charge in [-0.1, -0.05) is 69.7 Å². The number of benzene rings is 1. The van der Waals surface area contributed by atoms with Crippen LogP contribution in [0.5, 0.6) is 0 Å². The van der Waals surface area contributed by atoms with Crippen molar-refractivity contribution in [1.82, 2.24) is 9.80 Å². The Morgan fingerprint density at radius 2 is 1.76 bits per heavy atom. The fourth-order valence-corrected chi connectivity index (χ4v) is 11.6. The molecule has 7 rings (SSSR count). The van der Waals surface area contributed by atoms with E-state index in [1.54, 1.807) is 5.57 Å². The van der Waals surface area contributed by atoms with Crippen LogP contribution in [0.4, 0.5) is 0 Å². The molecule has 0 spiro atoms. The minimum Gasteiger partial charge on any atom is -0.393 e. The molecular formula is C38H58N2O2. The predicted octanol–water partition coefficient (Wildman–Crippen LogP) is 7.17. The molecule has 2 aliphatic heterocycles. The van der Waals surface area contributed by atoms with Gasteiger partial charge in [0.1, 0.15) is 0 Å². The number of fused-ring (bicyclic) bond motifs is 7. The highest BCUT2D eigenvalue weighted by Crippen LogP contribution is 2.69. The molecule has 1 aromatic rings. The zero-order valence-corrected chi connectivity index (χ0v) is 27.0. The van der Waals surface area contributed by atoms with Crippen molar-refractivity contribution in [3.63, 3.8) is 0 Å².